The van der Waals surface area contributed by atoms with Crippen molar-refractivity contribution in [3.05, 3.63) is 18.0 Å². The van der Waals surface area contributed by atoms with Crippen molar-refractivity contribution in [3.8, 4) is 0 Å². The first-order valence-corrected chi connectivity index (χ1v) is 11.9. The topological polar surface area (TPSA) is 128 Å². The Balaban J connectivity index is 1.73. The van der Waals surface area contributed by atoms with Gasteiger partial charge in [0.05, 0.1) is 29.4 Å². The molecule has 0 bridgehead atoms. The average Bonchev–Trinajstić information content (AvgIpc) is 3.46. The van der Waals surface area contributed by atoms with Crippen LogP contribution in [-0.4, -0.2) is 61.9 Å². The summed E-state index contributed by atoms with van der Waals surface area (Å²) in [5.74, 6) is -1.30. The smallest absolute Gasteiger partial charge is 0.297 e. The summed E-state index contributed by atoms with van der Waals surface area (Å²) < 4.78 is 1.84. The van der Waals surface area contributed by atoms with Gasteiger partial charge in [0.15, 0.2) is 5.65 Å². The lowest BCUT2D eigenvalue weighted by Gasteiger charge is -2.28. The quantitative estimate of drug-likeness (QED) is 0.589. The summed E-state index contributed by atoms with van der Waals surface area (Å²) in [4.78, 5) is 37.4. The lowest BCUT2D eigenvalue weighted by atomic mass is 9.90. The molecule has 2 amide bonds. The summed E-state index contributed by atoms with van der Waals surface area (Å²) in [6, 6.07) is 0.328. The molecule has 4 rings (SSSR count). The Kier molecular flexibility index (Phi) is 6.53. The second-order valence-electron chi connectivity index (χ2n) is 8.70. The highest BCUT2D eigenvalue weighted by Gasteiger charge is 2.54. The fourth-order valence-electron chi connectivity index (χ4n) is 4.78. The largest absolute Gasteiger partial charge is 0.381 e. The number of aromatic nitrogens is 3. The molecule has 10 nitrogen and oxygen atoms in total. The number of fused-ring (bicyclic) bond motifs is 1. The number of aryl methyl sites for hydroxylation is 1. The lowest BCUT2D eigenvalue weighted by Crippen LogP contribution is -2.57. The fraction of sp³-hybridized carbons (Fsp3) is 0.609. The highest BCUT2D eigenvalue weighted by Crippen LogP contribution is 2.35. The molecule has 2 aliphatic rings. The van der Waals surface area contributed by atoms with Gasteiger partial charge in [0.1, 0.15) is 0 Å². The maximum absolute atomic E-state index is 13.2. The Hall–Kier alpha value is -3.17. The van der Waals surface area contributed by atoms with Crippen molar-refractivity contribution in [3.63, 3.8) is 0 Å². The minimum Gasteiger partial charge on any atom is -0.381 e. The Morgan fingerprint density at radius 2 is 1.94 bits per heavy atom. The molecule has 0 aromatic carbocycles. The number of hydrogen-bond donors (Lipinski definition) is 2. The maximum Gasteiger partial charge on any atom is 0.297 e. The van der Waals surface area contributed by atoms with E-state index in [9.17, 15) is 9.59 Å². The van der Waals surface area contributed by atoms with E-state index in [0.29, 0.717) is 37.0 Å². The van der Waals surface area contributed by atoms with Crippen LogP contribution in [-0.2, 0) is 21.0 Å². The normalized spacial score (nSPS) is 21.0. The molecule has 33 heavy (non-hydrogen) atoms. The lowest BCUT2D eigenvalue weighted by molar-refractivity contribution is -0.163. The van der Waals surface area contributed by atoms with Crippen LogP contribution in [0, 0.1) is 0 Å². The van der Waals surface area contributed by atoms with Gasteiger partial charge in [-0.15, -0.1) is 0 Å². The zero-order valence-electron chi connectivity index (χ0n) is 19.6. The van der Waals surface area contributed by atoms with Crippen LogP contribution in [0.1, 0.15) is 64.9 Å². The van der Waals surface area contributed by atoms with Crippen molar-refractivity contribution < 1.29 is 14.4 Å². The molecule has 10 heteroatoms. The van der Waals surface area contributed by atoms with Gasteiger partial charge in [-0.25, -0.2) is 9.67 Å². The van der Waals surface area contributed by atoms with Crippen LogP contribution in [0.2, 0.25) is 0 Å². The van der Waals surface area contributed by atoms with E-state index in [2.05, 4.69) is 20.6 Å². The highest BCUT2D eigenvalue weighted by atomic mass is 16.7. The number of rotatable bonds is 8. The van der Waals surface area contributed by atoms with E-state index in [-0.39, 0.29) is 6.42 Å². The first kappa shape index (κ1) is 23.0. The van der Waals surface area contributed by atoms with E-state index in [1.54, 1.807) is 12.4 Å². The van der Waals surface area contributed by atoms with E-state index in [4.69, 9.17) is 10.6 Å². The van der Waals surface area contributed by atoms with Gasteiger partial charge in [-0.2, -0.15) is 5.10 Å². The predicted molar refractivity (Wildman–Crippen MR) is 126 cm³/mol. The number of primary amides is 1. The number of nitrogens with zero attached hydrogens (tertiary/aromatic N) is 5. The van der Waals surface area contributed by atoms with Crippen molar-refractivity contribution in [2.75, 3.05) is 18.4 Å². The van der Waals surface area contributed by atoms with Crippen LogP contribution in [0.15, 0.2) is 17.5 Å². The SMILES string of the molecule is CCN(CC)C(=O)C1(C(N)=O)CC(c2cnc3c(cnn3CC)c2NC2CCCCC2)=NO1. The summed E-state index contributed by atoms with van der Waals surface area (Å²) in [5.41, 5.74) is 6.68. The standard InChI is InChI=1S/C23H33N7O3/c1-4-29(5-2)22(32)23(21(24)31)12-18(28-33-23)16-13-25-20-17(14-26-30(20)6-3)19(16)27-15-10-8-7-9-11-15/h13-15H,4-12H2,1-3H3,(H2,24,31)(H,25,27). The predicted octanol–water partition coefficient (Wildman–Crippen LogP) is 2.41. The summed E-state index contributed by atoms with van der Waals surface area (Å²) in [6.45, 7) is 7.31. The zero-order valence-corrected chi connectivity index (χ0v) is 19.6. The molecular weight excluding hydrogens is 422 g/mol. The van der Waals surface area contributed by atoms with Crippen LogP contribution in [0.3, 0.4) is 0 Å². The highest BCUT2D eigenvalue weighted by molar-refractivity contribution is 6.18. The number of oxime groups is 1. The molecule has 1 atom stereocenters. The summed E-state index contributed by atoms with van der Waals surface area (Å²) in [7, 11) is 0. The zero-order chi connectivity index (χ0) is 23.6. The van der Waals surface area contributed by atoms with Crippen LogP contribution >= 0.6 is 0 Å². The van der Waals surface area contributed by atoms with Crippen LogP contribution in [0.5, 0.6) is 0 Å². The second-order valence-corrected chi connectivity index (χ2v) is 8.70. The monoisotopic (exact) mass is 455 g/mol. The van der Waals surface area contributed by atoms with Crippen LogP contribution < -0.4 is 11.1 Å². The Labute approximate surface area is 193 Å². The van der Waals surface area contributed by atoms with E-state index in [1.165, 1.54) is 24.2 Å². The molecule has 1 fully saturated rings. The van der Waals surface area contributed by atoms with Crippen molar-refractivity contribution in [2.45, 2.75) is 77.5 Å². The number of anilines is 1. The molecule has 0 spiro atoms. The molecule has 3 N–H and O–H groups in total. The fourth-order valence-corrected chi connectivity index (χ4v) is 4.78. The van der Waals surface area contributed by atoms with Crippen molar-refractivity contribution in [1.82, 2.24) is 19.7 Å². The number of carbonyl (C=O) groups excluding carboxylic acids is 2. The van der Waals surface area contributed by atoms with E-state index in [1.807, 2.05) is 25.5 Å². The number of amides is 2. The number of nitrogens with two attached hydrogens (primary N) is 1. The van der Waals surface area contributed by atoms with Gasteiger partial charge in [-0.1, -0.05) is 24.4 Å². The van der Waals surface area contributed by atoms with Crippen LogP contribution in [0.4, 0.5) is 5.69 Å². The maximum atomic E-state index is 13.2. The number of pyridine rings is 1. The Morgan fingerprint density at radius 1 is 1.21 bits per heavy atom. The van der Waals surface area contributed by atoms with Gasteiger partial charge in [0, 0.05) is 37.4 Å². The van der Waals surface area contributed by atoms with Gasteiger partial charge < -0.3 is 20.8 Å². The third-order valence-electron chi connectivity index (χ3n) is 6.75. The third-order valence-corrected chi connectivity index (χ3v) is 6.75. The van der Waals surface area contributed by atoms with Gasteiger partial charge >= 0.3 is 0 Å². The molecule has 2 aromatic heterocycles. The Morgan fingerprint density at radius 3 is 2.58 bits per heavy atom. The minimum absolute atomic E-state index is 0.0356. The second kappa shape index (κ2) is 9.36. The molecule has 1 aliphatic carbocycles. The molecular formula is C23H33N7O3. The van der Waals surface area contributed by atoms with Gasteiger partial charge in [-0.3, -0.25) is 9.59 Å². The molecule has 0 saturated heterocycles. The van der Waals surface area contributed by atoms with E-state index < -0.39 is 17.4 Å². The molecule has 0 radical (unpaired) electrons. The average molecular weight is 456 g/mol. The summed E-state index contributed by atoms with van der Waals surface area (Å²) in [5, 5.41) is 13.3. The van der Waals surface area contributed by atoms with Gasteiger partial charge in [0.25, 0.3) is 17.4 Å². The molecule has 2 aromatic rings. The number of hydrogen-bond acceptors (Lipinski definition) is 7. The molecule has 1 unspecified atom stereocenters. The van der Waals surface area contributed by atoms with Crippen molar-refractivity contribution >= 4 is 34.2 Å². The van der Waals surface area contributed by atoms with Crippen molar-refractivity contribution in [1.29, 1.82) is 0 Å². The first-order chi connectivity index (χ1) is 15.9. The number of likely N-dealkylation sites (N-methyl/N-ethyl adjacent to an activating group) is 1. The summed E-state index contributed by atoms with van der Waals surface area (Å²) >= 11 is 0. The van der Waals surface area contributed by atoms with Gasteiger partial charge in [0.2, 0.25) is 0 Å². The van der Waals surface area contributed by atoms with E-state index >= 15 is 0 Å². The van der Waals surface area contributed by atoms with Gasteiger partial charge in [-0.05, 0) is 33.6 Å². The summed E-state index contributed by atoms with van der Waals surface area (Å²) in [6.07, 6.45) is 9.28. The molecule has 1 aliphatic heterocycles. The number of carbonyl (C=O) groups is 2. The molecule has 3 heterocycles. The van der Waals surface area contributed by atoms with Crippen molar-refractivity contribution in [2.24, 2.45) is 10.9 Å². The number of nitrogens with one attached hydrogen (secondary N) is 1. The molecule has 178 valence electrons. The Bertz CT molecular complexity index is 1070. The minimum atomic E-state index is -1.84. The van der Waals surface area contributed by atoms with E-state index in [0.717, 1.165) is 29.6 Å². The molecule has 1 saturated carbocycles. The first-order valence-electron chi connectivity index (χ1n) is 11.9. The third kappa shape index (κ3) is 4.02. The van der Waals surface area contributed by atoms with Crippen LogP contribution in [0.25, 0.3) is 11.0 Å².